The van der Waals surface area contributed by atoms with Gasteiger partial charge in [-0.1, -0.05) is 12.1 Å². The molecule has 0 atom stereocenters. The Labute approximate surface area is 156 Å². The van der Waals surface area contributed by atoms with Crippen molar-refractivity contribution in [3.8, 4) is 0 Å². The van der Waals surface area contributed by atoms with Crippen LogP contribution in [-0.4, -0.2) is 25.5 Å². The number of aromatic nitrogens is 4. The Morgan fingerprint density at radius 1 is 1.25 bits per heavy atom. The van der Waals surface area contributed by atoms with Gasteiger partial charge >= 0.3 is 0 Å². The molecule has 3 aromatic rings. The van der Waals surface area contributed by atoms with E-state index < -0.39 is 0 Å². The molecule has 0 bridgehead atoms. The van der Waals surface area contributed by atoms with Crippen LogP contribution in [0.1, 0.15) is 11.3 Å². The molecule has 0 radical (unpaired) electrons. The maximum absolute atomic E-state index is 12.2. The number of carbonyl (C=O) groups is 1. The minimum atomic E-state index is -0.118. The highest BCUT2D eigenvalue weighted by atomic mass is 79.9. The maximum Gasteiger partial charge on any atom is 0.246 e. The van der Waals surface area contributed by atoms with Crippen molar-refractivity contribution in [2.75, 3.05) is 5.32 Å². The summed E-state index contributed by atoms with van der Waals surface area (Å²) in [6.45, 7) is 2.72. The van der Waals surface area contributed by atoms with E-state index in [0.29, 0.717) is 6.54 Å². The second-order valence-corrected chi connectivity index (χ2v) is 7.11. The van der Waals surface area contributed by atoms with Gasteiger partial charge in [-0.3, -0.25) is 14.2 Å². The van der Waals surface area contributed by atoms with Gasteiger partial charge in [-0.15, -0.1) is 0 Å². The van der Waals surface area contributed by atoms with Gasteiger partial charge in [0.1, 0.15) is 6.54 Å². The lowest BCUT2D eigenvalue weighted by molar-refractivity contribution is -0.116. The molecule has 1 N–H and O–H groups in total. The molecule has 0 fully saturated rings. The minimum absolute atomic E-state index is 0.118. The molecule has 2 aromatic heterocycles. The predicted octanol–water partition coefficient (Wildman–Crippen LogP) is 3.60. The highest BCUT2D eigenvalue weighted by molar-refractivity contribution is 9.10. The Balaban J connectivity index is 1.65. The van der Waals surface area contributed by atoms with E-state index >= 15 is 0 Å². The van der Waals surface area contributed by atoms with Crippen LogP contribution in [0.25, 0.3) is 0 Å². The van der Waals surface area contributed by atoms with Crippen LogP contribution >= 0.6 is 31.9 Å². The van der Waals surface area contributed by atoms with Crippen molar-refractivity contribution in [2.45, 2.75) is 20.0 Å². The molecular formula is C16H15Br2N5O. The van der Waals surface area contributed by atoms with Gasteiger partial charge in [0, 0.05) is 11.9 Å². The molecule has 1 amide bonds. The van der Waals surface area contributed by atoms with Gasteiger partial charge in [0.05, 0.1) is 33.6 Å². The molecule has 0 saturated heterocycles. The monoisotopic (exact) mass is 451 g/mol. The fourth-order valence-electron chi connectivity index (χ4n) is 2.28. The van der Waals surface area contributed by atoms with Crippen LogP contribution in [-0.2, 0) is 17.9 Å². The maximum atomic E-state index is 12.2. The Bertz CT molecular complexity index is 871. The quantitative estimate of drug-likeness (QED) is 0.643. The first-order valence-electron chi connectivity index (χ1n) is 7.26. The van der Waals surface area contributed by atoms with Crippen molar-refractivity contribution in [3.63, 3.8) is 0 Å². The fraction of sp³-hybridized carbons (Fsp3) is 0.188. The second-order valence-electron chi connectivity index (χ2n) is 5.34. The lowest BCUT2D eigenvalue weighted by Gasteiger charge is -2.09. The summed E-state index contributed by atoms with van der Waals surface area (Å²) in [6.07, 6.45) is 5.34. The molecule has 2 heterocycles. The third kappa shape index (κ3) is 4.12. The SMILES string of the molecule is Cc1c(Br)cnn1CC(=O)Nc1cccc(Cn2cc(Br)cn2)c1. The summed E-state index contributed by atoms with van der Waals surface area (Å²) in [5.41, 5.74) is 2.73. The standard InChI is InChI=1S/C16H15Br2N5O/c1-11-15(18)7-20-23(11)10-16(24)21-14-4-2-3-12(5-14)8-22-9-13(17)6-19-22/h2-7,9H,8,10H2,1H3,(H,21,24). The first-order valence-corrected chi connectivity index (χ1v) is 8.84. The van der Waals surface area contributed by atoms with Crippen LogP contribution < -0.4 is 5.32 Å². The zero-order chi connectivity index (χ0) is 17.1. The molecule has 8 heteroatoms. The van der Waals surface area contributed by atoms with Crippen molar-refractivity contribution in [3.05, 3.63) is 63.1 Å². The van der Waals surface area contributed by atoms with Crippen LogP contribution in [0.5, 0.6) is 0 Å². The molecule has 3 rings (SSSR count). The van der Waals surface area contributed by atoms with E-state index in [1.807, 2.05) is 42.1 Å². The summed E-state index contributed by atoms with van der Waals surface area (Å²) in [7, 11) is 0. The molecule has 1 aromatic carbocycles. The van der Waals surface area contributed by atoms with E-state index in [-0.39, 0.29) is 12.5 Å². The van der Waals surface area contributed by atoms with E-state index in [2.05, 4.69) is 47.4 Å². The van der Waals surface area contributed by atoms with Crippen LogP contribution in [0.15, 0.2) is 51.8 Å². The number of hydrogen-bond acceptors (Lipinski definition) is 3. The summed E-state index contributed by atoms with van der Waals surface area (Å²) < 4.78 is 5.32. The average Bonchev–Trinajstić information content (AvgIpc) is 3.08. The Morgan fingerprint density at radius 2 is 2.08 bits per heavy atom. The minimum Gasteiger partial charge on any atom is -0.324 e. The third-order valence-electron chi connectivity index (χ3n) is 3.49. The molecule has 24 heavy (non-hydrogen) atoms. The van der Waals surface area contributed by atoms with Crippen molar-refractivity contribution >= 4 is 43.5 Å². The highest BCUT2D eigenvalue weighted by Crippen LogP contribution is 2.16. The van der Waals surface area contributed by atoms with Crippen molar-refractivity contribution < 1.29 is 4.79 Å². The summed E-state index contributed by atoms with van der Waals surface area (Å²) in [5.74, 6) is -0.118. The number of hydrogen-bond donors (Lipinski definition) is 1. The van der Waals surface area contributed by atoms with Gasteiger partial charge in [0.15, 0.2) is 0 Å². The second kappa shape index (κ2) is 7.31. The van der Waals surface area contributed by atoms with Crippen molar-refractivity contribution in [2.24, 2.45) is 0 Å². The smallest absolute Gasteiger partial charge is 0.246 e. The average molecular weight is 453 g/mol. The third-order valence-corrected chi connectivity index (χ3v) is 4.68. The lowest BCUT2D eigenvalue weighted by atomic mass is 10.2. The topological polar surface area (TPSA) is 64.7 Å². The molecule has 0 aliphatic carbocycles. The number of benzene rings is 1. The largest absolute Gasteiger partial charge is 0.324 e. The normalized spacial score (nSPS) is 10.8. The molecule has 124 valence electrons. The van der Waals surface area contributed by atoms with Gasteiger partial charge < -0.3 is 5.32 Å². The lowest BCUT2D eigenvalue weighted by Crippen LogP contribution is -2.20. The van der Waals surface area contributed by atoms with Crippen molar-refractivity contribution in [1.29, 1.82) is 0 Å². The van der Waals surface area contributed by atoms with Crippen LogP contribution in [0.4, 0.5) is 5.69 Å². The molecule has 0 saturated carbocycles. The summed E-state index contributed by atoms with van der Waals surface area (Å²) >= 11 is 6.77. The summed E-state index contributed by atoms with van der Waals surface area (Å²) in [4.78, 5) is 12.2. The van der Waals surface area contributed by atoms with E-state index in [1.165, 1.54) is 0 Å². The zero-order valence-corrected chi connectivity index (χ0v) is 16.1. The number of nitrogens with zero attached hydrogens (tertiary/aromatic N) is 4. The molecular weight excluding hydrogens is 438 g/mol. The van der Waals surface area contributed by atoms with Gasteiger partial charge in [0.2, 0.25) is 5.91 Å². The number of rotatable bonds is 5. The molecule has 0 aliphatic rings. The Hall–Kier alpha value is -1.93. The highest BCUT2D eigenvalue weighted by Gasteiger charge is 2.09. The first kappa shape index (κ1) is 16.9. The summed E-state index contributed by atoms with van der Waals surface area (Å²) in [5, 5.41) is 11.3. The Kier molecular flexibility index (Phi) is 5.15. The molecule has 0 spiro atoms. The van der Waals surface area contributed by atoms with E-state index in [0.717, 1.165) is 25.9 Å². The molecule has 6 nitrogen and oxygen atoms in total. The number of amides is 1. The number of anilines is 1. The van der Waals surface area contributed by atoms with Crippen molar-refractivity contribution in [1.82, 2.24) is 19.6 Å². The van der Waals surface area contributed by atoms with Crippen LogP contribution in [0, 0.1) is 6.92 Å². The van der Waals surface area contributed by atoms with Gasteiger partial charge in [0.25, 0.3) is 0 Å². The predicted molar refractivity (Wildman–Crippen MR) is 98.8 cm³/mol. The Morgan fingerprint density at radius 3 is 2.75 bits per heavy atom. The van der Waals surface area contributed by atoms with Crippen LogP contribution in [0.2, 0.25) is 0 Å². The number of carbonyl (C=O) groups excluding carboxylic acids is 1. The van der Waals surface area contributed by atoms with Gasteiger partial charge in [-0.2, -0.15) is 10.2 Å². The van der Waals surface area contributed by atoms with E-state index in [1.54, 1.807) is 17.1 Å². The fourth-order valence-corrected chi connectivity index (χ4v) is 2.90. The first-order chi connectivity index (χ1) is 11.5. The number of halogens is 2. The zero-order valence-electron chi connectivity index (χ0n) is 12.9. The number of nitrogens with one attached hydrogen (secondary N) is 1. The molecule has 0 aliphatic heterocycles. The van der Waals surface area contributed by atoms with E-state index in [4.69, 9.17) is 0 Å². The summed E-state index contributed by atoms with van der Waals surface area (Å²) in [6, 6.07) is 7.73. The van der Waals surface area contributed by atoms with Gasteiger partial charge in [-0.05, 0) is 56.5 Å². The van der Waals surface area contributed by atoms with Crippen LogP contribution in [0.3, 0.4) is 0 Å². The molecule has 0 unspecified atom stereocenters. The van der Waals surface area contributed by atoms with E-state index in [9.17, 15) is 4.79 Å². The van der Waals surface area contributed by atoms with Gasteiger partial charge in [-0.25, -0.2) is 0 Å².